The van der Waals surface area contributed by atoms with Gasteiger partial charge in [0.25, 0.3) is 0 Å². The summed E-state index contributed by atoms with van der Waals surface area (Å²) in [4.78, 5) is 30.4. The molecule has 8 nitrogen and oxygen atoms in total. The Morgan fingerprint density at radius 3 is 2.21 bits per heavy atom. The van der Waals surface area contributed by atoms with Crippen molar-refractivity contribution < 1.29 is 33.7 Å². The van der Waals surface area contributed by atoms with Gasteiger partial charge < -0.3 is 24.2 Å². The molecule has 34 heavy (non-hydrogen) atoms. The Morgan fingerprint density at radius 1 is 1.09 bits per heavy atom. The lowest BCUT2D eigenvalue weighted by Crippen LogP contribution is -2.47. The Morgan fingerprint density at radius 2 is 1.68 bits per heavy atom. The first-order valence-corrected chi connectivity index (χ1v) is 11.3. The third-order valence-corrected chi connectivity index (χ3v) is 5.03. The highest BCUT2D eigenvalue weighted by Gasteiger charge is 2.32. The lowest BCUT2D eigenvalue weighted by molar-refractivity contribution is -0.187. The summed E-state index contributed by atoms with van der Waals surface area (Å²) in [6.45, 7) is 6.88. The number of phenols is 1. The van der Waals surface area contributed by atoms with E-state index in [1.54, 1.807) is 45.0 Å². The average Bonchev–Trinajstić information content (AvgIpc) is 2.72. The van der Waals surface area contributed by atoms with E-state index in [1.807, 2.05) is 6.92 Å². The predicted molar refractivity (Wildman–Crippen MR) is 128 cm³/mol. The van der Waals surface area contributed by atoms with Gasteiger partial charge >= 0.3 is 12.1 Å². The molecule has 186 valence electrons. The minimum atomic E-state index is -1.02. The van der Waals surface area contributed by atoms with Gasteiger partial charge in [0.15, 0.2) is 5.75 Å². The van der Waals surface area contributed by atoms with E-state index in [4.69, 9.17) is 42.3 Å². The Bertz CT molecular complexity index is 967. The van der Waals surface area contributed by atoms with Crippen molar-refractivity contribution in [3.63, 3.8) is 0 Å². The summed E-state index contributed by atoms with van der Waals surface area (Å²) in [5, 5.41) is 11.3. The standard InChI is InChI=1S/C24H29Cl2NO7/c1-15-12-18(25)21(19(26)13-15)32-11-10-27(34-23(30)33-24(2,3)4)20(22(29)31-5)14-16-6-8-17(28)9-7-16/h6-9,12-13,20,28H,10-11,14H2,1-5H3/t20-/m0/s1. The van der Waals surface area contributed by atoms with Crippen LogP contribution in [0.5, 0.6) is 11.5 Å². The van der Waals surface area contributed by atoms with Gasteiger partial charge in [0.05, 0.1) is 23.7 Å². The van der Waals surface area contributed by atoms with Crippen LogP contribution in [-0.2, 0) is 25.5 Å². The quantitative estimate of drug-likeness (QED) is 0.354. The monoisotopic (exact) mass is 513 g/mol. The largest absolute Gasteiger partial charge is 0.528 e. The summed E-state index contributed by atoms with van der Waals surface area (Å²) >= 11 is 12.5. The second-order valence-electron chi connectivity index (χ2n) is 8.51. The first kappa shape index (κ1) is 27.6. The number of rotatable bonds is 9. The molecule has 2 aromatic rings. The van der Waals surface area contributed by atoms with Crippen LogP contribution in [0.4, 0.5) is 4.79 Å². The van der Waals surface area contributed by atoms with Crippen molar-refractivity contribution in [2.45, 2.75) is 45.8 Å². The van der Waals surface area contributed by atoms with Crippen molar-refractivity contribution in [2.75, 3.05) is 20.3 Å². The molecule has 2 aromatic carbocycles. The lowest BCUT2D eigenvalue weighted by Gasteiger charge is -2.29. The van der Waals surface area contributed by atoms with E-state index in [-0.39, 0.29) is 31.1 Å². The minimum absolute atomic E-state index is 0.0195. The topological polar surface area (TPSA) is 94.5 Å². The molecule has 0 aliphatic carbocycles. The number of phenolic OH excluding ortho intramolecular Hbond substituents is 1. The molecule has 0 heterocycles. The molecule has 0 saturated heterocycles. The first-order valence-electron chi connectivity index (χ1n) is 10.5. The third kappa shape index (κ3) is 8.59. The average molecular weight is 514 g/mol. The highest BCUT2D eigenvalue weighted by molar-refractivity contribution is 6.37. The number of ether oxygens (including phenoxy) is 3. The number of esters is 1. The fourth-order valence-electron chi connectivity index (χ4n) is 2.99. The molecule has 0 spiro atoms. The van der Waals surface area contributed by atoms with Gasteiger partial charge in [0.2, 0.25) is 0 Å². The molecule has 0 bridgehead atoms. The maximum atomic E-state index is 12.6. The number of halogens is 2. The number of carbonyl (C=O) groups is 2. The number of aryl methyl sites for hydroxylation is 1. The summed E-state index contributed by atoms with van der Waals surface area (Å²) in [6, 6.07) is 8.69. The van der Waals surface area contributed by atoms with Crippen LogP contribution >= 0.6 is 23.2 Å². The Labute approximate surface area is 209 Å². The van der Waals surface area contributed by atoms with E-state index in [9.17, 15) is 14.7 Å². The minimum Gasteiger partial charge on any atom is -0.508 e. The van der Waals surface area contributed by atoms with Crippen LogP contribution in [0.3, 0.4) is 0 Å². The summed E-state index contributed by atoms with van der Waals surface area (Å²) in [6.07, 6.45) is -0.861. The van der Waals surface area contributed by atoms with Crippen molar-refractivity contribution in [3.05, 3.63) is 57.6 Å². The van der Waals surface area contributed by atoms with E-state index in [0.717, 1.165) is 10.6 Å². The Kier molecular flexibility index (Phi) is 9.85. The van der Waals surface area contributed by atoms with Gasteiger partial charge in [-0.05, 0) is 63.1 Å². The van der Waals surface area contributed by atoms with Gasteiger partial charge in [0, 0.05) is 6.42 Å². The zero-order valence-electron chi connectivity index (χ0n) is 19.8. The van der Waals surface area contributed by atoms with Crippen LogP contribution in [-0.4, -0.2) is 54.2 Å². The van der Waals surface area contributed by atoms with Crippen molar-refractivity contribution in [1.82, 2.24) is 5.06 Å². The maximum absolute atomic E-state index is 12.6. The van der Waals surface area contributed by atoms with Crippen LogP contribution in [0.25, 0.3) is 0 Å². The number of hydroxylamine groups is 2. The number of hydrogen-bond acceptors (Lipinski definition) is 8. The van der Waals surface area contributed by atoms with Crippen LogP contribution in [0.1, 0.15) is 31.9 Å². The second kappa shape index (κ2) is 12.1. The molecule has 0 fully saturated rings. The molecular formula is C24H29Cl2NO7. The van der Waals surface area contributed by atoms with Crippen molar-refractivity contribution in [3.8, 4) is 11.5 Å². The van der Waals surface area contributed by atoms with E-state index in [1.165, 1.54) is 19.2 Å². The number of aromatic hydroxyl groups is 1. The molecule has 0 unspecified atom stereocenters. The fraction of sp³-hybridized carbons (Fsp3) is 0.417. The van der Waals surface area contributed by atoms with Crippen LogP contribution < -0.4 is 4.74 Å². The molecule has 0 saturated carbocycles. The van der Waals surface area contributed by atoms with Crippen molar-refractivity contribution in [2.24, 2.45) is 0 Å². The normalized spacial score (nSPS) is 12.2. The molecular weight excluding hydrogens is 485 g/mol. The number of benzene rings is 2. The summed E-state index contributed by atoms with van der Waals surface area (Å²) in [5.41, 5.74) is 0.772. The second-order valence-corrected chi connectivity index (χ2v) is 9.33. The number of hydrogen-bond donors (Lipinski definition) is 1. The molecule has 1 atom stereocenters. The predicted octanol–water partition coefficient (Wildman–Crippen LogP) is 5.34. The molecule has 0 amide bonds. The van der Waals surface area contributed by atoms with Gasteiger partial charge in [-0.3, -0.25) is 4.79 Å². The van der Waals surface area contributed by atoms with Crippen molar-refractivity contribution in [1.29, 1.82) is 0 Å². The highest BCUT2D eigenvalue weighted by atomic mass is 35.5. The third-order valence-electron chi connectivity index (χ3n) is 4.47. The van der Waals surface area contributed by atoms with E-state index < -0.39 is 23.8 Å². The van der Waals surface area contributed by atoms with Gasteiger partial charge in [0.1, 0.15) is 24.0 Å². The zero-order chi connectivity index (χ0) is 25.5. The molecule has 0 radical (unpaired) electrons. The van der Waals surface area contributed by atoms with Gasteiger partial charge in [-0.1, -0.05) is 35.3 Å². The van der Waals surface area contributed by atoms with Crippen molar-refractivity contribution >= 4 is 35.3 Å². The smallest absolute Gasteiger partial charge is 0.508 e. The number of nitrogens with zero attached hydrogens (tertiary/aromatic N) is 1. The zero-order valence-corrected chi connectivity index (χ0v) is 21.3. The molecule has 1 N–H and O–H groups in total. The number of methoxy groups -OCH3 is 1. The van der Waals surface area contributed by atoms with Gasteiger partial charge in [-0.15, -0.1) is 5.06 Å². The molecule has 0 aliphatic heterocycles. The summed E-state index contributed by atoms with van der Waals surface area (Å²) in [5.74, 6) is -0.275. The summed E-state index contributed by atoms with van der Waals surface area (Å²) in [7, 11) is 1.24. The lowest BCUT2D eigenvalue weighted by atomic mass is 10.1. The molecule has 2 rings (SSSR count). The molecule has 10 heteroatoms. The van der Waals surface area contributed by atoms with Gasteiger partial charge in [-0.2, -0.15) is 0 Å². The van der Waals surface area contributed by atoms with E-state index >= 15 is 0 Å². The van der Waals surface area contributed by atoms with Crippen LogP contribution in [0.15, 0.2) is 36.4 Å². The van der Waals surface area contributed by atoms with Crippen LogP contribution in [0.2, 0.25) is 10.0 Å². The maximum Gasteiger partial charge on any atom is 0.528 e. The Balaban J connectivity index is 2.25. The van der Waals surface area contributed by atoms with E-state index in [2.05, 4.69) is 0 Å². The molecule has 0 aliphatic rings. The fourth-order valence-corrected chi connectivity index (χ4v) is 3.69. The van der Waals surface area contributed by atoms with E-state index in [0.29, 0.717) is 15.6 Å². The SMILES string of the molecule is COC(=O)[C@H](Cc1ccc(O)cc1)N(CCOc1c(Cl)cc(C)cc1Cl)OC(=O)OC(C)(C)C. The molecule has 0 aromatic heterocycles. The number of carbonyl (C=O) groups excluding carboxylic acids is 2. The summed E-state index contributed by atoms with van der Waals surface area (Å²) < 4.78 is 15.9. The van der Waals surface area contributed by atoms with Gasteiger partial charge in [-0.25, -0.2) is 4.79 Å². The highest BCUT2D eigenvalue weighted by Crippen LogP contribution is 2.34. The van der Waals surface area contributed by atoms with Crippen LogP contribution in [0, 0.1) is 6.92 Å². The Hall–Kier alpha value is -2.68. The first-order chi connectivity index (χ1) is 15.9.